The minimum absolute atomic E-state index is 0.358. The standard InChI is InChI=1S/C5H10N2OS/c1-4(6)5(9-8)3-7-2/h3,6-8H,1-2H3/b5-3+,6-4?. The van der Waals surface area contributed by atoms with Crippen molar-refractivity contribution in [3.05, 3.63) is 11.1 Å². The molecule has 0 aromatic heterocycles. The summed E-state index contributed by atoms with van der Waals surface area (Å²) in [7, 11) is 1.72. The molecular weight excluding hydrogens is 136 g/mol. The molecule has 0 amide bonds. The summed E-state index contributed by atoms with van der Waals surface area (Å²) in [5, 5.41) is 9.78. The predicted molar refractivity (Wildman–Crippen MR) is 40.8 cm³/mol. The molecule has 0 aliphatic heterocycles. The Kier molecular flexibility index (Phi) is 4.17. The Labute approximate surface area is 58.9 Å². The topological polar surface area (TPSA) is 56.1 Å². The third-order valence-corrected chi connectivity index (χ3v) is 1.36. The molecule has 0 fully saturated rings. The van der Waals surface area contributed by atoms with E-state index in [1.807, 2.05) is 0 Å². The Morgan fingerprint density at radius 1 is 1.78 bits per heavy atom. The summed E-state index contributed by atoms with van der Waals surface area (Å²) in [6, 6.07) is 0. The van der Waals surface area contributed by atoms with Crippen molar-refractivity contribution in [3.8, 4) is 0 Å². The van der Waals surface area contributed by atoms with Crippen molar-refractivity contribution in [1.29, 1.82) is 5.41 Å². The molecule has 3 N–H and O–H groups in total. The third-order valence-electron chi connectivity index (χ3n) is 0.743. The number of hydrogen-bond acceptors (Lipinski definition) is 4. The van der Waals surface area contributed by atoms with Crippen molar-refractivity contribution in [2.75, 3.05) is 7.05 Å². The maximum atomic E-state index is 8.50. The van der Waals surface area contributed by atoms with Gasteiger partial charge in [-0.1, -0.05) is 0 Å². The van der Waals surface area contributed by atoms with Crippen LogP contribution in [0.1, 0.15) is 6.92 Å². The van der Waals surface area contributed by atoms with Crippen molar-refractivity contribution < 1.29 is 4.55 Å². The van der Waals surface area contributed by atoms with E-state index < -0.39 is 0 Å². The van der Waals surface area contributed by atoms with Crippen molar-refractivity contribution >= 4 is 17.8 Å². The molecule has 0 heterocycles. The zero-order valence-corrected chi connectivity index (χ0v) is 6.25. The Bertz CT molecular complexity index is 133. The molecule has 0 radical (unpaired) electrons. The Morgan fingerprint density at radius 2 is 2.33 bits per heavy atom. The molecule has 4 heteroatoms. The largest absolute Gasteiger partial charge is 0.393 e. The van der Waals surface area contributed by atoms with E-state index in [1.54, 1.807) is 20.2 Å². The first-order valence-corrected chi connectivity index (χ1v) is 3.24. The summed E-state index contributed by atoms with van der Waals surface area (Å²) in [5.41, 5.74) is 0.358. The molecule has 0 aliphatic carbocycles. The molecule has 0 saturated carbocycles. The van der Waals surface area contributed by atoms with Gasteiger partial charge in [-0.2, -0.15) is 0 Å². The van der Waals surface area contributed by atoms with Gasteiger partial charge in [0.15, 0.2) is 0 Å². The zero-order valence-electron chi connectivity index (χ0n) is 5.43. The van der Waals surface area contributed by atoms with Crippen LogP contribution in [0.25, 0.3) is 0 Å². The molecule has 0 saturated heterocycles. The molecule has 52 valence electrons. The van der Waals surface area contributed by atoms with Crippen LogP contribution in [0.15, 0.2) is 11.1 Å². The van der Waals surface area contributed by atoms with Crippen LogP contribution >= 0.6 is 12.0 Å². The summed E-state index contributed by atoms with van der Waals surface area (Å²) in [6.07, 6.45) is 1.58. The Morgan fingerprint density at radius 3 is 2.44 bits per heavy atom. The monoisotopic (exact) mass is 146 g/mol. The summed E-state index contributed by atoms with van der Waals surface area (Å²) in [6.45, 7) is 1.62. The van der Waals surface area contributed by atoms with Gasteiger partial charge in [0.2, 0.25) is 0 Å². The molecular formula is C5H10N2OS. The lowest BCUT2D eigenvalue weighted by molar-refractivity contribution is 0.670. The van der Waals surface area contributed by atoms with E-state index in [0.717, 1.165) is 0 Å². The molecule has 0 rings (SSSR count). The predicted octanol–water partition coefficient (Wildman–Crippen LogP) is 1.29. The molecule has 0 unspecified atom stereocenters. The summed E-state index contributed by atoms with van der Waals surface area (Å²) < 4.78 is 8.50. The van der Waals surface area contributed by atoms with Gasteiger partial charge >= 0.3 is 0 Å². The van der Waals surface area contributed by atoms with Gasteiger partial charge in [0.1, 0.15) is 0 Å². The van der Waals surface area contributed by atoms with Crippen molar-refractivity contribution in [2.45, 2.75) is 6.92 Å². The average Bonchev–Trinajstić information content (AvgIpc) is 1.82. The number of allylic oxidation sites excluding steroid dienone is 1. The molecule has 0 spiro atoms. The van der Waals surface area contributed by atoms with Crippen LogP contribution in [-0.4, -0.2) is 17.3 Å². The summed E-state index contributed by atoms with van der Waals surface area (Å²) in [5.74, 6) is 0. The van der Waals surface area contributed by atoms with Gasteiger partial charge < -0.3 is 15.3 Å². The Hall–Kier alpha value is -0.480. The summed E-state index contributed by atoms with van der Waals surface area (Å²) in [4.78, 5) is 0.539. The molecule has 3 nitrogen and oxygen atoms in total. The summed E-state index contributed by atoms with van der Waals surface area (Å²) >= 11 is 0.577. The highest BCUT2D eigenvalue weighted by Gasteiger charge is 1.96. The van der Waals surface area contributed by atoms with Gasteiger partial charge in [-0.25, -0.2) is 0 Å². The van der Waals surface area contributed by atoms with Gasteiger partial charge in [-0.15, -0.1) is 0 Å². The second-order valence-corrected chi connectivity index (χ2v) is 2.14. The lowest BCUT2D eigenvalue weighted by Crippen LogP contribution is -1.99. The maximum Gasteiger partial charge on any atom is 0.0712 e. The third kappa shape index (κ3) is 3.16. The van der Waals surface area contributed by atoms with Gasteiger partial charge in [0.05, 0.1) is 4.91 Å². The lowest BCUT2D eigenvalue weighted by atomic mass is 10.4. The van der Waals surface area contributed by atoms with E-state index in [4.69, 9.17) is 9.96 Å². The van der Waals surface area contributed by atoms with E-state index in [9.17, 15) is 0 Å². The molecule has 0 aromatic rings. The minimum Gasteiger partial charge on any atom is -0.393 e. The first-order chi connectivity index (χ1) is 4.22. The van der Waals surface area contributed by atoms with E-state index in [-0.39, 0.29) is 0 Å². The number of rotatable bonds is 3. The normalized spacial score (nSPS) is 11.2. The second kappa shape index (κ2) is 4.40. The SMILES string of the molecule is CN/C=C(/SO)C(C)=N. The number of nitrogens with one attached hydrogen (secondary N) is 2. The van der Waals surface area contributed by atoms with Crippen LogP contribution in [0.4, 0.5) is 0 Å². The van der Waals surface area contributed by atoms with Crippen molar-refractivity contribution in [1.82, 2.24) is 5.32 Å². The van der Waals surface area contributed by atoms with Gasteiger partial charge in [-0.05, 0) is 6.92 Å². The van der Waals surface area contributed by atoms with E-state index in [0.29, 0.717) is 22.7 Å². The van der Waals surface area contributed by atoms with E-state index in [2.05, 4.69) is 5.32 Å². The highest BCUT2D eigenvalue weighted by molar-refractivity contribution is 7.98. The molecule has 0 aliphatic rings. The highest BCUT2D eigenvalue weighted by Crippen LogP contribution is 2.09. The van der Waals surface area contributed by atoms with Crippen LogP contribution in [0, 0.1) is 5.41 Å². The smallest absolute Gasteiger partial charge is 0.0712 e. The number of hydrogen-bond donors (Lipinski definition) is 3. The van der Waals surface area contributed by atoms with Crippen molar-refractivity contribution in [3.63, 3.8) is 0 Å². The minimum atomic E-state index is 0.358. The van der Waals surface area contributed by atoms with Crippen LogP contribution in [0.5, 0.6) is 0 Å². The van der Waals surface area contributed by atoms with Crippen LogP contribution in [0.3, 0.4) is 0 Å². The first-order valence-electron chi connectivity index (χ1n) is 2.46. The molecule has 0 bridgehead atoms. The fourth-order valence-corrected chi connectivity index (χ4v) is 0.642. The van der Waals surface area contributed by atoms with Gasteiger partial charge in [0.25, 0.3) is 0 Å². The fraction of sp³-hybridized carbons (Fsp3) is 0.400. The quantitative estimate of drug-likeness (QED) is 0.415. The van der Waals surface area contributed by atoms with E-state index >= 15 is 0 Å². The fourth-order valence-electron chi connectivity index (χ4n) is 0.334. The highest BCUT2D eigenvalue weighted by atomic mass is 32.2. The first kappa shape index (κ1) is 8.52. The van der Waals surface area contributed by atoms with Crippen LogP contribution in [-0.2, 0) is 0 Å². The second-order valence-electron chi connectivity index (χ2n) is 1.51. The van der Waals surface area contributed by atoms with Crippen molar-refractivity contribution in [2.24, 2.45) is 0 Å². The molecule has 0 aromatic carbocycles. The van der Waals surface area contributed by atoms with Crippen LogP contribution in [0.2, 0.25) is 0 Å². The lowest BCUT2D eigenvalue weighted by Gasteiger charge is -1.97. The average molecular weight is 146 g/mol. The van der Waals surface area contributed by atoms with Crippen LogP contribution < -0.4 is 5.32 Å². The van der Waals surface area contributed by atoms with Gasteiger partial charge in [-0.3, -0.25) is 0 Å². The molecule has 0 atom stereocenters. The molecule has 9 heavy (non-hydrogen) atoms. The zero-order chi connectivity index (χ0) is 7.28. The van der Waals surface area contributed by atoms with Gasteiger partial charge in [0, 0.05) is 31.0 Å². The maximum absolute atomic E-state index is 8.50. The van der Waals surface area contributed by atoms with E-state index in [1.165, 1.54) is 0 Å². The Balaban J connectivity index is 3.98.